The predicted octanol–water partition coefficient (Wildman–Crippen LogP) is 2.86. The molecular weight excluding hydrogens is 438 g/mol. The van der Waals surface area contributed by atoms with Gasteiger partial charge in [-0.3, -0.25) is 25.0 Å². The monoisotopic (exact) mass is 457 g/mol. The standard InChI is InChI=1S/C22H20ClN3O6/c1-31-18-9-14(23)4-5-16(18)24-22(30)32-11-12-2-3-13-10-26(21(29)15(13)8-12)17-6-7-19(27)25-20(17)28/h2-5,8-9,17H,6-7,10-11H2,1H3,(H,24,30)(H,25,27,28). The molecule has 166 valence electrons. The van der Waals surface area contributed by atoms with E-state index in [0.29, 0.717) is 40.6 Å². The number of nitrogens with one attached hydrogen (secondary N) is 2. The average molecular weight is 458 g/mol. The maximum absolute atomic E-state index is 12.9. The highest BCUT2D eigenvalue weighted by Gasteiger charge is 2.39. The second kappa shape index (κ2) is 8.88. The third-order valence-electron chi connectivity index (χ3n) is 5.36. The van der Waals surface area contributed by atoms with Crippen molar-refractivity contribution in [1.29, 1.82) is 0 Å². The summed E-state index contributed by atoms with van der Waals surface area (Å²) in [5.74, 6) is -0.678. The average Bonchev–Trinajstić information content (AvgIpc) is 3.09. The lowest BCUT2D eigenvalue weighted by molar-refractivity contribution is -0.136. The zero-order valence-electron chi connectivity index (χ0n) is 17.1. The summed E-state index contributed by atoms with van der Waals surface area (Å²) in [6.07, 6.45) is -0.194. The fourth-order valence-corrected chi connectivity index (χ4v) is 3.92. The van der Waals surface area contributed by atoms with E-state index in [-0.39, 0.29) is 24.8 Å². The molecule has 9 nitrogen and oxygen atoms in total. The molecule has 0 saturated carbocycles. The number of anilines is 1. The van der Waals surface area contributed by atoms with E-state index in [1.165, 1.54) is 12.0 Å². The molecule has 4 amide bonds. The molecular formula is C22H20ClN3O6. The van der Waals surface area contributed by atoms with E-state index < -0.39 is 18.0 Å². The molecule has 2 aliphatic rings. The van der Waals surface area contributed by atoms with E-state index >= 15 is 0 Å². The van der Waals surface area contributed by atoms with Crippen LogP contribution in [0.4, 0.5) is 10.5 Å². The summed E-state index contributed by atoms with van der Waals surface area (Å²) in [6.45, 7) is 0.235. The van der Waals surface area contributed by atoms with Gasteiger partial charge in [-0.1, -0.05) is 23.7 Å². The molecule has 0 bridgehead atoms. The van der Waals surface area contributed by atoms with Crippen LogP contribution in [0.5, 0.6) is 5.75 Å². The Bertz CT molecular complexity index is 1120. The molecule has 4 rings (SSSR count). The highest BCUT2D eigenvalue weighted by molar-refractivity contribution is 6.30. The zero-order valence-corrected chi connectivity index (χ0v) is 17.9. The highest BCUT2D eigenvalue weighted by Crippen LogP contribution is 2.29. The number of amides is 4. The summed E-state index contributed by atoms with van der Waals surface area (Å²) in [7, 11) is 1.46. The second-order valence-corrected chi connectivity index (χ2v) is 7.87. The van der Waals surface area contributed by atoms with Crippen LogP contribution in [0.3, 0.4) is 0 Å². The number of nitrogens with zero attached hydrogens (tertiary/aromatic N) is 1. The van der Waals surface area contributed by atoms with E-state index in [1.807, 2.05) is 0 Å². The van der Waals surface area contributed by atoms with Crippen molar-refractivity contribution in [2.45, 2.75) is 32.0 Å². The summed E-state index contributed by atoms with van der Waals surface area (Å²) in [6, 6.07) is 9.29. The fourth-order valence-electron chi connectivity index (χ4n) is 3.75. The first-order chi connectivity index (χ1) is 15.4. The Morgan fingerprint density at radius 3 is 2.78 bits per heavy atom. The lowest BCUT2D eigenvalue weighted by Crippen LogP contribution is -2.52. The normalized spacial score (nSPS) is 17.6. The number of hydrogen-bond donors (Lipinski definition) is 2. The van der Waals surface area contributed by atoms with E-state index in [2.05, 4.69) is 10.6 Å². The Morgan fingerprint density at radius 2 is 2.03 bits per heavy atom. The van der Waals surface area contributed by atoms with Crippen molar-refractivity contribution in [1.82, 2.24) is 10.2 Å². The molecule has 0 aliphatic carbocycles. The van der Waals surface area contributed by atoms with Gasteiger partial charge in [0.2, 0.25) is 11.8 Å². The van der Waals surface area contributed by atoms with Crippen LogP contribution in [0.1, 0.15) is 34.3 Å². The van der Waals surface area contributed by atoms with Crippen molar-refractivity contribution in [2.24, 2.45) is 0 Å². The van der Waals surface area contributed by atoms with Crippen molar-refractivity contribution in [3.63, 3.8) is 0 Å². The molecule has 2 N–H and O–H groups in total. The molecule has 2 aliphatic heterocycles. The van der Waals surface area contributed by atoms with Crippen LogP contribution in [0.25, 0.3) is 0 Å². The van der Waals surface area contributed by atoms with Gasteiger partial charge < -0.3 is 14.4 Å². The molecule has 32 heavy (non-hydrogen) atoms. The van der Waals surface area contributed by atoms with Gasteiger partial charge in [0.1, 0.15) is 18.4 Å². The number of imide groups is 1. The van der Waals surface area contributed by atoms with Crippen LogP contribution < -0.4 is 15.4 Å². The summed E-state index contributed by atoms with van der Waals surface area (Å²) in [5.41, 5.74) is 2.26. The van der Waals surface area contributed by atoms with Gasteiger partial charge in [0, 0.05) is 29.6 Å². The van der Waals surface area contributed by atoms with Gasteiger partial charge in [0.05, 0.1) is 12.8 Å². The van der Waals surface area contributed by atoms with Gasteiger partial charge >= 0.3 is 6.09 Å². The van der Waals surface area contributed by atoms with Crippen LogP contribution in [-0.4, -0.2) is 41.9 Å². The largest absolute Gasteiger partial charge is 0.495 e. The highest BCUT2D eigenvalue weighted by atomic mass is 35.5. The zero-order chi connectivity index (χ0) is 22.8. The number of carbonyl (C=O) groups is 4. The van der Waals surface area contributed by atoms with Gasteiger partial charge in [0.15, 0.2) is 0 Å². The van der Waals surface area contributed by atoms with E-state index in [4.69, 9.17) is 21.1 Å². The lowest BCUT2D eigenvalue weighted by atomic mass is 10.0. The SMILES string of the molecule is COc1cc(Cl)ccc1NC(=O)OCc1ccc2c(c1)C(=O)N(C1CCC(=O)NC1=O)C2. The Hall–Kier alpha value is -3.59. The van der Waals surface area contributed by atoms with Gasteiger partial charge in [-0.05, 0) is 35.7 Å². The lowest BCUT2D eigenvalue weighted by Gasteiger charge is -2.29. The topological polar surface area (TPSA) is 114 Å². The van der Waals surface area contributed by atoms with Crippen molar-refractivity contribution in [3.8, 4) is 5.75 Å². The molecule has 2 aromatic rings. The number of halogens is 1. The van der Waals surface area contributed by atoms with Crippen molar-refractivity contribution in [3.05, 3.63) is 58.1 Å². The second-order valence-electron chi connectivity index (χ2n) is 7.44. The molecule has 1 unspecified atom stereocenters. The van der Waals surface area contributed by atoms with E-state index in [1.54, 1.807) is 36.4 Å². The van der Waals surface area contributed by atoms with Crippen molar-refractivity contribution in [2.75, 3.05) is 12.4 Å². The maximum atomic E-state index is 12.9. The molecule has 2 aromatic carbocycles. The summed E-state index contributed by atoms with van der Waals surface area (Å²) in [5, 5.41) is 5.33. The van der Waals surface area contributed by atoms with E-state index in [0.717, 1.165) is 5.56 Å². The van der Waals surface area contributed by atoms with Crippen LogP contribution in [0.15, 0.2) is 36.4 Å². The predicted molar refractivity (Wildman–Crippen MR) is 114 cm³/mol. The minimum absolute atomic E-state index is 0.0548. The molecule has 0 spiro atoms. The van der Waals surface area contributed by atoms with Gasteiger partial charge in [0.25, 0.3) is 5.91 Å². The minimum Gasteiger partial charge on any atom is -0.495 e. The Labute approximate surface area is 188 Å². The number of piperidine rings is 1. The quantitative estimate of drug-likeness (QED) is 0.667. The number of rotatable bonds is 5. The van der Waals surface area contributed by atoms with Gasteiger partial charge in [-0.2, -0.15) is 0 Å². The van der Waals surface area contributed by atoms with Gasteiger partial charge in [-0.25, -0.2) is 4.79 Å². The van der Waals surface area contributed by atoms with Crippen molar-refractivity contribution >= 4 is 41.1 Å². The number of fused-ring (bicyclic) bond motifs is 1. The first kappa shape index (κ1) is 21.6. The number of hydrogen-bond acceptors (Lipinski definition) is 6. The smallest absolute Gasteiger partial charge is 0.412 e. The third kappa shape index (κ3) is 4.38. The molecule has 10 heteroatoms. The fraction of sp³-hybridized carbons (Fsp3) is 0.273. The van der Waals surface area contributed by atoms with Crippen LogP contribution in [0.2, 0.25) is 5.02 Å². The molecule has 1 atom stereocenters. The Kier molecular flexibility index (Phi) is 6.00. The van der Waals surface area contributed by atoms with Gasteiger partial charge in [-0.15, -0.1) is 0 Å². The Morgan fingerprint density at radius 1 is 1.22 bits per heavy atom. The number of methoxy groups -OCH3 is 1. The molecule has 0 radical (unpaired) electrons. The van der Waals surface area contributed by atoms with Crippen LogP contribution in [0, 0.1) is 0 Å². The molecule has 0 aromatic heterocycles. The first-order valence-corrected chi connectivity index (χ1v) is 10.3. The first-order valence-electron chi connectivity index (χ1n) is 9.89. The summed E-state index contributed by atoms with van der Waals surface area (Å²) >= 11 is 5.91. The molecule has 1 saturated heterocycles. The maximum Gasteiger partial charge on any atom is 0.412 e. The molecule has 1 fully saturated rings. The van der Waals surface area contributed by atoms with Crippen LogP contribution >= 0.6 is 11.6 Å². The summed E-state index contributed by atoms with van der Waals surface area (Å²) in [4.78, 5) is 50.0. The summed E-state index contributed by atoms with van der Waals surface area (Å²) < 4.78 is 10.4. The van der Waals surface area contributed by atoms with E-state index in [9.17, 15) is 19.2 Å². The Balaban J connectivity index is 1.39. The minimum atomic E-state index is -0.692. The van der Waals surface area contributed by atoms with Crippen LogP contribution in [-0.2, 0) is 27.5 Å². The molecule has 2 heterocycles. The third-order valence-corrected chi connectivity index (χ3v) is 5.60. The number of carbonyl (C=O) groups excluding carboxylic acids is 4. The number of benzene rings is 2. The van der Waals surface area contributed by atoms with Crippen molar-refractivity contribution < 1.29 is 28.7 Å². The number of ether oxygens (including phenoxy) is 2.